The van der Waals surface area contributed by atoms with E-state index >= 15 is 0 Å². The molecule has 2 aromatic carbocycles. The minimum absolute atomic E-state index is 0.0477. The van der Waals surface area contributed by atoms with E-state index in [-0.39, 0.29) is 12.1 Å². The minimum atomic E-state index is -0.224. The normalized spacial score (nSPS) is 19.7. The number of benzene rings is 2. The molecule has 32 heavy (non-hydrogen) atoms. The maximum Gasteiger partial charge on any atom is 0.322 e. The van der Waals surface area contributed by atoms with Crippen LogP contribution in [0.2, 0.25) is 0 Å². The molecule has 0 bridgehead atoms. The van der Waals surface area contributed by atoms with E-state index < -0.39 is 0 Å². The van der Waals surface area contributed by atoms with Gasteiger partial charge in [-0.1, -0.05) is 48.5 Å². The van der Waals surface area contributed by atoms with Gasteiger partial charge in [-0.3, -0.25) is 4.79 Å². The molecule has 2 heterocycles. The van der Waals surface area contributed by atoms with E-state index in [1.54, 1.807) is 11.4 Å². The largest absolute Gasteiger partial charge is 0.467 e. The van der Waals surface area contributed by atoms with E-state index in [9.17, 15) is 4.79 Å². The van der Waals surface area contributed by atoms with Crippen molar-refractivity contribution in [1.29, 1.82) is 0 Å². The number of carbonyl (C=O) groups is 1. The van der Waals surface area contributed by atoms with Crippen LogP contribution in [0.25, 0.3) is 5.57 Å². The van der Waals surface area contributed by atoms with Crippen LogP contribution in [0.5, 0.6) is 0 Å². The standard InChI is InChI=1S/C27H28N2O3/c1-19(23-15-14-21-9-6-7-12-24(21)17-23)28-27(25-13-8-16-31-25)26(20(2)29(28)32-18-30)22-10-4-3-5-11-22/h3-5,8,10-11,13-19,27H,6-7,9,12H2,1-2H3. The Balaban J connectivity index is 1.61. The van der Waals surface area contributed by atoms with Gasteiger partial charge in [-0.15, -0.1) is 5.17 Å². The number of hydrogen-bond donors (Lipinski definition) is 0. The molecular formula is C27H28N2O3. The Morgan fingerprint density at radius 1 is 1.03 bits per heavy atom. The number of allylic oxidation sites excluding steroid dienone is 1. The van der Waals surface area contributed by atoms with Crippen molar-refractivity contribution in [2.45, 2.75) is 51.6 Å². The van der Waals surface area contributed by atoms with Gasteiger partial charge in [0.2, 0.25) is 0 Å². The van der Waals surface area contributed by atoms with E-state index in [4.69, 9.17) is 9.25 Å². The third-order valence-corrected chi connectivity index (χ3v) is 6.72. The van der Waals surface area contributed by atoms with Gasteiger partial charge in [0, 0.05) is 5.57 Å². The first-order valence-corrected chi connectivity index (χ1v) is 11.3. The average molecular weight is 429 g/mol. The number of carbonyl (C=O) groups excluding carboxylic acids is 1. The average Bonchev–Trinajstić information content (AvgIpc) is 3.46. The summed E-state index contributed by atoms with van der Waals surface area (Å²) in [5, 5.41) is 3.74. The van der Waals surface area contributed by atoms with Crippen LogP contribution in [0.4, 0.5) is 0 Å². The number of rotatable bonds is 6. The maximum absolute atomic E-state index is 11.5. The van der Waals surface area contributed by atoms with E-state index in [1.165, 1.54) is 29.5 Å². The molecule has 3 aromatic rings. The fourth-order valence-electron chi connectivity index (χ4n) is 5.14. The number of hydrazine groups is 1. The number of aryl methyl sites for hydroxylation is 2. The van der Waals surface area contributed by atoms with E-state index in [1.807, 2.05) is 37.3 Å². The van der Waals surface area contributed by atoms with Crippen LogP contribution in [0, 0.1) is 0 Å². The van der Waals surface area contributed by atoms with Crippen molar-refractivity contribution in [3.05, 3.63) is 101 Å². The minimum Gasteiger partial charge on any atom is -0.467 e. The molecule has 0 amide bonds. The third-order valence-electron chi connectivity index (χ3n) is 6.72. The summed E-state index contributed by atoms with van der Waals surface area (Å²) in [6.07, 6.45) is 6.47. The Kier molecular flexibility index (Phi) is 5.58. The lowest BCUT2D eigenvalue weighted by atomic mass is 9.89. The van der Waals surface area contributed by atoms with Crippen LogP contribution in [0.15, 0.2) is 77.0 Å². The molecule has 5 nitrogen and oxygen atoms in total. The molecule has 5 rings (SSSR count). The molecule has 0 saturated carbocycles. The van der Waals surface area contributed by atoms with Crippen molar-refractivity contribution in [1.82, 2.24) is 10.2 Å². The summed E-state index contributed by atoms with van der Waals surface area (Å²) < 4.78 is 5.90. The smallest absolute Gasteiger partial charge is 0.322 e. The second kappa shape index (κ2) is 8.67. The monoisotopic (exact) mass is 428 g/mol. The number of nitrogens with zero attached hydrogens (tertiary/aromatic N) is 2. The summed E-state index contributed by atoms with van der Waals surface area (Å²) in [6, 6.07) is 20.6. The van der Waals surface area contributed by atoms with Crippen molar-refractivity contribution in [3.8, 4) is 0 Å². The molecule has 1 aliphatic heterocycles. The van der Waals surface area contributed by atoms with Crippen LogP contribution < -0.4 is 0 Å². The van der Waals surface area contributed by atoms with Gasteiger partial charge in [0.25, 0.3) is 0 Å². The maximum atomic E-state index is 11.5. The molecule has 0 spiro atoms. The van der Waals surface area contributed by atoms with E-state index in [0.717, 1.165) is 35.4 Å². The van der Waals surface area contributed by atoms with Crippen LogP contribution in [0.3, 0.4) is 0 Å². The molecule has 164 valence electrons. The second-order valence-corrected chi connectivity index (χ2v) is 8.55. The molecule has 5 heteroatoms. The van der Waals surface area contributed by atoms with Crippen LogP contribution in [-0.2, 0) is 22.5 Å². The predicted octanol–water partition coefficient (Wildman–Crippen LogP) is 6.01. The first-order chi connectivity index (χ1) is 15.7. The Morgan fingerprint density at radius 2 is 1.81 bits per heavy atom. The Bertz CT molecular complexity index is 1120. The number of fused-ring (bicyclic) bond motifs is 1. The summed E-state index contributed by atoms with van der Waals surface area (Å²) in [6.45, 7) is 4.63. The molecule has 0 saturated heterocycles. The highest BCUT2D eigenvalue weighted by Crippen LogP contribution is 2.49. The molecule has 2 atom stereocenters. The first-order valence-electron chi connectivity index (χ1n) is 11.3. The quantitative estimate of drug-likeness (QED) is 0.450. The topological polar surface area (TPSA) is 45.9 Å². The summed E-state index contributed by atoms with van der Waals surface area (Å²) in [5.41, 5.74) is 7.10. The molecule has 0 N–H and O–H groups in total. The number of hydroxylamine groups is 1. The van der Waals surface area contributed by atoms with Gasteiger partial charge >= 0.3 is 6.47 Å². The summed E-state index contributed by atoms with van der Waals surface area (Å²) >= 11 is 0. The lowest BCUT2D eigenvalue weighted by Gasteiger charge is -2.36. The fourth-order valence-corrected chi connectivity index (χ4v) is 5.14. The summed E-state index contributed by atoms with van der Waals surface area (Å²) in [4.78, 5) is 17.0. The zero-order chi connectivity index (χ0) is 22.1. The van der Waals surface area contributed by atoms with Crippen molar-refractivity contribution in [3.63, 3.8) is 0 Å². The molecule has 0 radical (unpaired) electrons. The molecule has 2 unspecified atom stereocenters. The summed E-state index contributed by atoms with van der Waals surface area (Å²) in [5.74, 6) is 0.810. The molecule has 1 aliphatic carbocycles. The van der Waals surface area contributed by atoms with Crippen molar-refractivity contribution < 1.29 is 14.0 Å². The highest BCUT2D eigenvalue weighted by molar-refractivity contribution is 5.74. The SMILES string of the molecule is CC1=C(c2ccccc2)C(c2ccco2)N(C(C)c2ccc3c(c2)CCCC3)N1OC=O. The Morgan fingerprint density at radius 3 is 2.53 bits per heavy atom. The number of furan rings is 1. The predicted molar refractivity (Wildman–Crippen MR) is 123 cm³/mol. The van der Waals surface area contributed by atoms with Crippen molar-refractivity contribution in [2.24, 2.45) is 0 Å². The number of hydrogen-bond acceptors (Lipinski definition) is 5. The zero-order valence-electron chi connectivity index (χ0n) is 18.5. The first kappa shape index (κ1) is 20.6. The lowest BCUT2D eigenvalue weighted by Crippen LogP contribution is -2.40. The molecule has 1 aromatic heterocycles. The van der Waals surface area contributed by atoms with Gasteiger partial charge in [-0.05, 0) is 73.9 Å². The van der Waals surface area contributed by atoms with E-state index in [2.05, 4.69) is 42.3 Å². The Hall–Kier alpha value is -3.31. The highest BCUT2D eigenvalue weighted by Gasteiger charge is 2.44. The van der Waals surface area contributed by atoms with Gasteiger partial charge < -0.3 is 9.25 Å². The van der Waals surface area contributed by atoms with Gasteiger partial charge in [-0.25, -0.2) is 0 Å². The third kappa shape index (κ3) is 3.53. The van der Waals surface area contributed by atoms with Crippen molar-refractivity contribution in [2.75, 3.05) is 0 Å². The Labute approximate surface area is 188 Å². The van der Waals surface area contributed by atoms with Gasteiger partial charge in [-0.2, -0.15) is 5.01 Å². The van der Waals surface area contributed by atoms with Gasteiger partial charge in [0.15, 0.2) is 0 Å². The van der Waals surface area contributed by atoms with Crippen molar-refractivity contribution >= 4 is 12.0 Å². The molecule has 0 fully saturated rings. The lowest BCUT2D eigenvalue weighted by molar-refractivity contribution is -0.248. The second-order valence-electron chi connectivity index (χ2n) is 8.55. The van der Waals surface area contributed by atoms with E-state index in [0.29, 0.717) is 6.47 Å². The van der Waals surface area contributed by atoms with Crippen LogP contribution in [-0.4, -0.2) is 16.7 Å². The zero-order valence-corrected chi connectivity index (χ0v) is 18.5. The van der Waals surface area contributed by atoms with Crippen LogP contribution in [0.1, 0.15) is 66.8 Å². The summed E-state index contributed by atoms with van der Waals surface area (Å²) in [7, 11) is 0. The molecule has 2 aliphatic rings. The van der Waals surface area contributed by atoms with Gasteiger partial charge in [0.1, 0.15) is 11.8 Å². The van der Waals surface area contributed by atoms with Crippen LogP contribution >= 0.6 is 0 Å². The van der Waals surface area contributed by atoms with Gasteiger partial charge in [0.05, 0.1) is 18.0 Å². The highest BCUT2D eigenvalue weighted by atomic mass is 16.7. The fraction of sp³-hybridized carbons (Fsp3) is 0.296. The molecular weight excluding hydrogens is 400 g/mol.